The van der Waals surface area contributed by atoms with E-state index in [2.05, 4.69) is 36.9 Å². The Balaban J connectivity index is 1.65. The van der Waals surface area contributed by atoms with Gasteiger partial charge in [0, 0.05) is 18.8 Å². The number of anilines is 1. The summed E-state index contributed by atoms with van der Waals surface area (Å²) in [5.74, 6) is -0.480. The smallest absolute Gasteiger partial charge is 0.239 e. The number of amides is 2. The van der Waals surface area contributed by atoms with Gasteiger partial charge in [0.05, 0.1) is 5.41 Å². The molecular formula is C22H25N3O2. The molecule has 5 heteroatoms. The Morgan fingerprint density at radius 3 is 2.52 bits per heavy atom. The van der Waals surface area contributed by atoms with Crippen LogP contribution in [0.25, 0.3) is 0 Å². The van der Waals surface area contributed by atoms with Crippen LogP contribution in [0.2, 0.25) is 0 Å². The third-order valence-electron chi connectivity index (χ3n) is 6.05. The van der Waals surface area contributed by atoms with Crippen molar-refractivity contribution in [1.29, 1.82) is 0 Å². The highest BCUT2D eigenvalue weighted by Gasteiger charge is 2.54. The number of fused-ring (bicyclic) bond motifs is 2. The highest BCUT2D eigenvalue weighted by molar-refractivity contribution is 6.11. The van der Waals surface area contributed by atoms with E-state index < -0.39 is 11.3 Å². The van der Waals surface area contributed by atoms with Crippen LogP contribution >= 0.6 is 0 Å². The van der Waals surface area contributed by atoms with Crippen LogP contribution in [0.1, 0.15) is 28.7 Å². The normalized spacial score (nSPS) is 21.9. The Labute approximate surface area is 159 Å². The number of carbonyl (C=O) groups is 2. The predicted molar refractivity (Wildman–Crippen MR) is 105 cm³/mol. The molecule has 2 aliphatic rings. The van der Waals surface area contributed by atoms with Gasteiger partial charge in [0.25, 0.3) is 0 Å². The highest BCUT2D eigenvalue weighted by Crippen LogP contribution is 2.47. The number of aryl methyl sites for hydroxylation is 2. The van der Waals surface area contributed by atoms with Crippen LogP contribution in [0.4, 0.5) is 5.69 Å². The van der Waals surface area contributed by atoms with Gasteiger partial charge in [-0.05, 0) is 55.1 Å². The number of carbonyl (C=O) groups excluding carboxylic acids is 2. The maximum Gasteiger partial charge on any atom is 0.239 e. The number of nitrogens with two attached hydrogens (primary N) is 1. The van der Waals surface area contributed by atoms with E-state index in [1.54, 1.807) is 4.90 Å². The molecule has 1 saturated heterocycles. The molecular weight excluding hydrogens is 338 g/mol. The Morgan fingerprint density at radius 1 is 1.11 bits per heavy atom. The largest absolute Gasteiger partial charge is 0.368 e. The first-order valence-electron chi connectivity index (χ1n) is 9.39. The fourth-order valence-corrected chi connectivity index (χ4v) is 4.65. The van der Waals surface area contributed by atoms with E-state index in [0.29, 0.717) is 6.54 Å². The van der Waals surface area contributed by atoms with E-state index in [1.165, 1.54) is 16.7 Å². The van der Waals surface area contributed by atoms with E-state index >= 15 is 0 Å². The van der Waals surface area contributed by atoms with Gasteiger partial charge in [-0.1, -0.05) is 36.4 Å². The molecule has 2 aromatic rings. The standard InChI is InChI=1S/C22H25N3O2/c1-15-6-5-7-16(2)17(15)12-24-11-10-22(14-24)18-8-3-4-9-19(18)25(21(22)27)13-20(23)26/h3-9H,10-14H2,1-2H3,(H2,23,26)/t22-/m0/s1. The molecule has 1 fully saturated rings. The maximum atomic E-state index is 13.3. The molecule has 5 nitrogen and oxygen atoms in total. The Kier molecular flexibility index (Phi) is 4.27. The Morgan fingerprint density at radius 2 is 1.81 bits per heavy atom. The monoisotopic (exact) mass is 363 g/mol. The van der Waals surface area contributed by atoms with Crippen LogP contribution in [0.15, 0.2) is 42.5 Å². The van der Waals surface area contributed by atoms with Gasteiger partial charge >= 0.3 is 0 Å². The number of hydrogen-bond acceptors (Lipinski definition) is 3. The Hall–Kier alpha value is -2.66. The summed E-state index contributed by atoms with van der Waals surface area (Å²) < 4.78 is 0. The molecule has 4 rings (SSSR count). The predicted octanol–water partition coefficient (Wildman–Crippen LogP) is 2.28. The van der Waals surface area contributed by atoms with Crippen LogP contribution in [-0.2, 0) is 21.5 Å². The fourth-order valence-electron chi connectivity index (χ4n) is 4.65. The molecule has 1 atom stereocenters. The zero-order valence-electron chi connectivity index (χ0n) is 15.9. The number of nitrogens with zero attached hydrogens (tertiary/aromatic N) is 2. The second-order valence-electron chi connectivity index (χ2n) is 7.79. The van der Waals surface area contributed by atoms with Crippen molar-refractivity contribution >= 4 is 17.5 Å². The molecule has 0 aromatic heterocycles. The second-order valence-corrected chi connectivity index (χ2v) is 7.79. The van der Waals surface area contributed by atoms with Crippen LogP contribution in [0, 0.1) is 13.8 Å². The van der Waals surface area contributed by atoms with Gasteiger partial charge in [0.1, 0.15) is 6.54 Å². The minimum Gasteiger partial charge on any atom is -0.368 e. The van der Waals surface area contributed by atoms with Crippen molar-refractivity contribution in [3.63, 3.8) is 0 Å². The number of likely N-dealkylation sites (tertiary alicyclic amines) is 1. The first kappa shape index (κ1) is 17.7. The zero-order valence-corrected chi connectivity index (χ0v) is 15.9. The molecule has 2 aromatic carbocycles. The molecule has 0 saturated carbocycles. The number of benzene rings is 2. The molecule has 0 aliphatic carbocycles. The second kappa shape index (κ2) is 6.50. The third kappa shape index (κ3) is 2.82. The quantitative estimate of drug-likeness (QED) is 0.906. The van der Waals surface area contributed by atoms with E-state index in [9.17, 15) is 9.59 Å². The number of rotatable bonds is 4. The lowest BCUT2D eigenvalue weighted by molar-refractivity contribution is -0.125. The molecule has 0 unspecified atom stereocenters. The van der Waals surface area contributed by atoms with Gasteiger partial charge in [-0.15, -0.1) is 0 Å². The van der Waals surface area contributed by atoms with Gasteiger partial charge in [0.15, 0.2) is 0 Å². The number of hydrogen-bond donors (Lipinski definition) is 1. The lowest BCUT2D eigenvalue weighted by Crippen LogP contribution is -2.45. The Bertz CT molecular complexity index is 903. The SMILES string of the molecule is Cc1cccc(C)c1CN1CC[C@@]2(C1)C(=O)N(CC(N)=O)c1ccccc12. The van der Waals surface area contributed by atoms with Gasteiger partial charge < -0.3 is 10.6 Å². The van der Waals surface area contributed by atoms with Gasteiger partial charge in [0.2, 0.25) is 11.8 Å². The maximum absolute atomic E-state index is 13.3. The topological polar surface area (TPSA) is 66.6 Å². The minimum atomic E-state index is -0.567. The first-order chi connectivity index (χ1) is 12.9. The van der Waals surface area contributed by atoms with Gasteiger partial charge in [-0.3, -0.25) is 14.5 Å². The molecule has 2 aliphatic heterocycles. The molecule has 2 N–H and O–H groups in total. The zero-order chi connectivity index (χ0) is 19.2. The van der Waals surface area contributed by atoms with Crippen molar-refractivity contribution in [2.24, 2.45) is 5.73 Å². The van der Waals surface area contributed by atoms with Crippen LogP contribution < -0.4 is 10.6 Å². The molecule has 1 spiro atoms. The third-order valence-corrected chi connectivity index (χ3v) is 6.05. The molecule has 0 radical (unpaired) electrons. The van der Waals surface area contributed by atoms with Crippen molar-refractivity contribution in [2.45, 2.75) is 32.2 Å². The summed E-state index contributed by atoms with van der Waals surface area (Å²) in [6.45, 7) is 6.59. The van der Waals surface area contributed by atoms with Gasteiger partial charge in [-0.2, -0.15) is 0 Å². The molecule has 140 valence electrons. The lowest BCUT2D eigenvalue weighted by atomic mass is 9.81. The summed E-state index contributed by atoms with van der Waals surface area (Å²) in [5.41, 5.74) is 10.6. The van der Waals surface area contributed by atoms with Crippen molar-refractivity contribution in [3.8, 4) is 0 Å². The fraction of sp³-hybridized carbons (Fsp3) is 0.364. The molecule has 2 amide bonds. The van der Waals surface area contributed by atoms with E-state index in [4.69, 9.17) is 5.73 Å². The summed E-state index contributed by atoms with van der Waals surface area (Å²) in [6.07, 6.45) is 0.767. The van der Waals surface area contributed by atoms with Gasteiger partial charge in [-0.25, -0.2) is 0 Å². The summed E-state index contributed by atoms with van der Waals surface area (Å²) >= 11 is 0. The minimum absolute atomic E-state index is 0.00602. The molecule has 2 heterocycles. The average Bonchev–Trinajstić information content (AvgIpc) is 3.15. The van der Waals surface area contributed by atoms with Crippen molar-refractivity contribution < 1.29 is 9.59 Å². The summed E-state index contributed by atoms with van der Waals surface area (Å²) in [7, 11) is 0. The van der Waals surface area contributed by atoms with Crippen molar-refractivity contribution in [1.82, 2.24) is 4.90 Å². The number of para-hydroxylation sites is 1. The van der Waals surface area contributed by atoms with E-state index in [1.807, 2.05) is 24.3 Å². The lowest BCUT2D eigenvalue weighted by Gasteiger charge is -2.25. The summed E-state index contributed by atoms with van der Waals surface area (Å²) in [5, 5.41) is 0. The van der Waals surface area contributed by atoms with Crippen molar-refractivity contribution in [3.05, 3.63) is 64.7 Å². The summed E-state index contributed by atoms with van der Waals surface area (Å²) in [4.78, 5) is 28.8. The van der Waals surface area contributed by atoms with Crippen LogP contribution in [0.5, 0.6) is 0 Å². The summed E-state index contributed by atoms with van der Waals surface area (Å²) in [6, 6.07) is 14.2. The van der Waals surface area contributed by atoms with Crippen molar-refractivity contribution in [2.75, 3.05) is 24.5 Å². The van der Waals surface area contributed by atoms with E-state index in [-0.39, 0.29) is 12.5 Å². The van der Waals surface area contributed by atoms with Crippen LogP contribution in [-0.4, -0.2) is 36.3 Å². The van der Waals surface area contributed by atoms with Crippen LogP contribution in [0.3, 0.4) is 0 Å². The average molecular weight is 363 g/mol. The molecule has 0 bridgehead atoms. The first-order valence-corrected chi connectivity index (χ1v) is 9.39. The van der Waals surface area contributed by atoms with E-state index in [0.717, 1.165) is 30.8 Å². The highest BCUT2D eigenvalue weighted by atomic mass is 16.2. The molecule has 27 heavy (non-hydrogen) atoms. The number of primary amides is 1.